The highest BCUT2D eigenvalue weighted by Crippen LogP contribution is 2.54. The molecule has 0 aliphatic carbocycles. The second kappa shape index (κ2) is 49.5. The van der Waals surface area contributed by atoms with Crippen LogP contribution in [0.2, 0.25) is 0 Å². The summed E-state index contributed by atoms with van der Waals surface area (Å²) in [6.07, 6.45) is 34.6. The van der Waals surface area contributed by atoms with Gasteiger partial charge < -0.3 is 69.0 Å². The molecule has 7 N–H and O–H groups in total. The van der Waals surface area contributed by atoms with E-state index in [1.54, 1.807) is 32.0 Å². The maximum atomic E-state index is 14.6. The Morgan fingerprint density at radius 1 is 0.544 bits per heavy atom. The van der Waals surface area contributed by atoms with E-state index in [1.807, 2.05) is 33.8 Å². The number of phosphoric acid groups is 2. The molecule has 0 saturated carbocycles. The molecule has 3 fully saturated rings. The number of rotatable bonds is 59. The van der Waals surface area contributed by atoms with Gasteiger partial charge >= 0.3 is 15.6 Å². The van der Waals surface area contributed by atoms with E-state index >= 15 is 0 Å². The van der Waals surface area contributed by atoms with Gasteiger partial charge in [0.1, 0.15) is 90.4 Å². The molecule has 0 radical (unpaired) electrons. The molecule has 12 atom stereocenters. The average molecular weight is 1640 g/mol. The number of hydrogen-bond acceptors (Lipinski definition) is 27. The molecule has 33 heteroatoms. The number of ether oxygens (including phenoxy) is 8. The van der Waals surface area contributed by atoms with Crippen LogP contribution in [-0.2, 0) is 76.3 Å². The zero-order chi connectivity index (χ0) is 82.4. The molecule has 1 aromatic carbocycles. The first kappa shape index (κ1) is 95.2. The van der Waals surface area contributed by atoms with Crippen LogP contribution in [0.25, 0.3) is 11.0 Å². The predicted octanol–water partition coefficient (Wildman–Crippen LogP) is 16.5. The van der Waals surface area contributed by atoms with Crippen LogP contribution in [0.3, 0.4) is 0 Å². The minimum atomic E-state index is -4.66. The van der Waals surface area contributed by atoms with Gasteiger partial charge in [0, 0.05) is 25.3 Å². The Morgan fingerprint density at radius 2 is 0.947 bits per heavy atom. The predicted molar refractivity (Wildman–Crippen MR) is 431 cm³/mol. The van der Waals surface area contributed by atoms with Gasteiger partial charge in [0.05, 0.1) is 68.2 Å². The van der Waals surface area contributed by atoms with Gasteiger partial charge in [0.25, 0.3) is 5.69 Å². The van der Waals surface area contributed by atoms with Crippen molar-refractivity contribution in [1.29, 1.82) is 10.5 Å². The Bertz CT molecular complexity index is 3770. The van der Waals surface area contributed by atoms with Gasteiger partial charge in [-0.3, -0.25) is 28.2 Å². The fourth-order valence-electron chi connectivity index (χ4n) is 14.5. The summed E-state index contributed by atoms with van der Waals surface area (Å²) in [4.78, 5) is 29.1. The third-order valence-electron chi connectivity index (χ3n) is 20.5. The number of unbranched alkanes of at least 4 members (excludes halogenated alkanes) is 30. The first-order chi connectivity index (χ1) is 54.8. The Hall–Kier alpha value is -5.90. The van der Waals surface area contributed by atoms with Crippen molar-refractivity contribution in [3.05, 3.63) is 82.7 Å². The minimum Gasteiger partial charge on any atom is -0.404 e. The largest absolute Gasteiger partial charge is 0.530 e. The molecule has 0 amide bonds. The molecule has 0 spiro atoms. The number of aromatic nitrogens is 6. The number of aliphatic hydroxyl groups excluding tert-OH is 2. The number of nitrogens with two attached hydrogens (primary N) is 2. The molecule has 7 heterocycles. The van der Waals surface area contributed by atoms with Gasteiger partial charge in [0.2, 0.25) is 11.2 Å². The van der Waals surface area contributed by atoms with Crippen molar-refractivity contribution in [3.8, 4) is 17.9 Å². The Morgan fingerprint density at radius 3 is 1.37 bits per heavy atom. The molecule has 31 nitrogen and oxygen atoms in total. The van der Waals surface area contributed by atoms with E-state index in [2.05, 4.69) is 40.1 Å². The number of nitro benzene ring substituents is 1. The third-order valence-corrected chi connectivity index (χ3v) is 22.8. The molecule has 3 aliphatic heterocycles. The maximum Gasteiger partial charge on any atom is 0.530 e. The van der Waals surface area contributed by atoms with Crippen molar-refractivity contribution < 1.29 is 89.7 Å². The van der Waals surface area contributed by atoms with Crippen molar-refractivity contribution in [2.45, 2.75) is 339 Å². The van der Waals surface area contributed by atoms with E-state index in [-0.39, 0.29) is 67.4 Å². The fraction of sp³-hybridized carbons (Fsp3) is 0.753. The van der Waals surface area contributed by atoms with E-state index < -0.39 is 99.6 Å². The summed E-state index contributed by atoms with van der Waals surface area (Å²) in [5.41, 5.74) is 9.22. The quantitative estimate of drug-likeness (QED) is 0.0104. The second-order valence-electron chi connectivity index (χ2n) is 31.1. The number of nitrogens with zero attached hydrogens (tertiary/aromatic N) is 9. The minimum absolute atomic E-state index is 0.000100. The monoisotopic (exact) mass is 1640 g/mol. The number of nitro groups is 1. The van der Waals surface area contributed by atoms with Gasteiger partial charge in [-0.15, -0.1) is 0 Å². The average Bonchev–Trinajstić information content (AvgIpc) is 1.55. The molecule has 2 unspecified atom stereocenters. The van der Waals surface area contributed by atoms with E-state index in [0.717, 1.165) is 32.1 Å². The molecule has 8 rings (SSSR count). The molecular formula is C81H131N11O20P2. The lowest BCUT2D eigenvalue weighted by Crippen LogP contribution is -2.41. The molecule has 3 aliphatic rings. The van der Waals surface area contributed by atoms with Crippen molar-refractivity contribution >= 4 is 44.0 Å². The molecule has 4 aromatic heterocycles. The van der Waals surface area contributed by atoms with Crippen molar-refractivity contribution in [3.63, 3.8) is 0 Å². The van der Waals surface area contributed by atoms with Crippen LogP contribution in [0, 0.1) is 32.8 Å². The number of hydrogen-bond donors (Lipinski definition) is 5. The number of nitrogen functional groups attached to an aromatic ring is 2. The van der Waals surface area contributed by atoms with Crippen LogP contribution >= 0.6 is 15.6 Å². The summed E-state index contributed by atoms with van der Waals surface area (Å²) in [6, 6.07) is 15.6. The van der Waals surface area contributed by atoms with E-state index in [9.17, 15) is 44.9 Å². The Kier molecular flexibility index (Phi) is 41.3. The lowest BCUT2D eigenvalue weighted by Gasteiger charge is -2.29. The normalized spacial score (nSPS) is 22.2. The number of nitriles is 2. The molecular weight excluding hydrogens is 1510 g/mol. The number of benzene rings is 1. The van der Waals surface area contributed by atoms with Crippen LogP contribution < -0.4 is 16.0 Å². The number of fused-ring (bicyclic) bond motifs is 3. The highest BCUT2D eigenvalue weighted by molar-refractivity contribution is 7.49. The molecule has 5 aromatic rings. The van der Waals surface area contributed by atoms with Crippen LogP contribution in [0.1, 0.15) is 272 Å². The lowest BCUT2D eigenvalue weighted by atomic mass is 9.92. The summed E-state index contributed by atoms with van der Waals surface area (Å²) in [6.45, 7) is 15.3. The molecule has 114 heavy (non-hydrogen) atoms. The second-order valence-corrected chi connectivity index (χ2v) is 34.1. The first-order valence-electron chi connectivity index (χ1n) is 41.8. The van der Waals surface area contributed by atoms with Crippen molar-refractivity contribution in [2.24, 2.45) is 0 Å². The van der Waals surface area contributed by atoms with Crippen molar-refractivity contribution in [2.75, 3.05) is 64.3 Å². The third kappa shape index (κ3) is 30.2. The summed E-state index contributed by atoms with van der Waals surface area (Å²) < 4.78 is 107. The summed E-state index contributed by atoms with van der Waals surface area (Å²) in [5.74, 6) is -0.778. The Labute approximate surface area is 674 Å². The number of phosphoric ester groups is 2. The summed E-state index contributed by atoms with van der Waals surface area (Å²) >= 11 is 0. The fourth-order valence-corrected chi connectivity index (χ4v) is 16.5. The lowest BCUT2D eigenvalue weighted by molar-refractivity contribution is -0.384. The maximum absolute atomic E-state index is 14.6. The van der Waals surface area contributed by atoms with Gasteiger partial charge in [-0.2, -0.15) is 20.7 Å². The molecule has 3 saturated heterocycles. The van der Waals surface area contributed by atoms with Gasteiger partial charge in [0.15, 0.2) is 17.4 Å². The highest BCUT2D eigenvalue weighted by atomic mass is 31.2. The zero-order valence-corrected chi connectivity index (χ0v) is 70.5. The van der Waals surface area contributed by atoms with E-state index in [1.165, 1.54) is 225 Å². The topological polar surface area (TPSA) is 418 Å². The van der Waals surface area contributed by atoms with E-state index in [0.29, 0.717) is 29.9 Å². The first-order valence-corrected chi connectivity index (χ1v) is 44.8. The van der Waals surface area contributed by atoms with Gasteiger partial charge in [-0.25, -0.2) is 28.1 Å². The summed E-state index contributed by atoms with van der Waals surface area (Å²) in [5, 5.41) is 62.1. The van der Waals surface area contributed by atoms with Gasteiger partial charge in [-0.1, -0.05) is 206 Å². The summed E-state index contributed by atoms with van der Waals surface area (Å²) in [7, 11) is -9.20. The SMILES string of the molecule is CCCCCCCCCCCCCCCCCCOC[C@H](COP(=O)(O)OC[C@H]1O[C@@](C#N)(c2ccc3c(N)ncnn23)[C@H](O)[C@@H]1O)OC(C)C.CCCCCCCCCCCCCCCCCCOC[C@H](COP(=O)(OC[C@H]1O[C@@](C#N)(c2ccc3c(N)ncnn23)[C@@H]2OC(C)(C)O[C@@H]21)Oc1ccc([N+](=O)[O-])cc1)OC(C)C. The standard InChI is InChI=1S/C45H69N6O11P.C36H62N5O9P/c1-6-7-8-9-10-11-12-13-14-15-16-17-18-19-20-21-28-55-29-37(58-34(2)3)30-56-63(54,62-36-24-22-35(23-25-36)51(52)53)57-31-39-41-42(61-44(4,5)60-41)45(32-46,59-39)40-27-26-38-43(47)48-33-49-50(38)40;1-4-5-6-7-8-9-10-11-12-13-14-15-16-17-18-19-22-46-23-29(49-28(2)3)24-47-51(44,45)48-25-31-33(42)34(43)36(26-37,50-31)32-21-20-30-35(38)39-27-40-41(30)32/h22-27,33-34,37,39,41-42H,6-21,28-31H2,1-5H3,(H2,47,48,49);20-21,27-29,31,33-34,42-43H,4-19,22-25H2,1-3H3,(H,44,45)(H2,38,39,40)/t37-,39-,41-,42-,45+,63?;29-,31-,33-,34-,36+/m11/s1. The van der Waals surface area contributed by atoms with E-state index in [4.69, 9.17) is 72.0 Å². The zero-order valence-electron chi connectivity index (χ0n) is 68.7. The molecule has 0 bridgehead atoms. The highest BCUT2D eigenvalue weighted by Gasteiger charge is 2.66. The van der Waals surface area contributed by atoms with Crippen LogP contribution in [-0.4, -0.2) is 169 Å². The van der Waals surface area contributed by atoms with Gasteiger partial charge in [-0.05, 0) is 90.8 Å². The number of aliphatic hydroxyl groups is 2. The molecule has 640 valence electrons. The number of anilines is 2. The van der Waals surface area contributed by atoms with Crippen LogP contribution in [0.4, 0.5) is 17.3 Å². The Balaban J connectivity index is 0.000000323. The van der Waals surface area contributed by atoms with Crippen molar-refractivity contribution in [1.82, 2.24) is 29.2 Å². The number of non-ortho nitro benzene ring substituents is 1. The van der Waals surface area contributed by atoms with Crippen LogP contribution in [0.15, 0.2) is 61.2 Å². The van der Waals surface area contributed by atoms with Crippen LogP contribution in [0.5, 0.6) is 5.75 Å². The smallest absolute Gasteiger partial charge is 0.404 e.